The van der Waals surface area contributed by atoms with Crippen LogP contribution in [0.4, 0.5) is 19.0 Å². The molecule has 236 valence electrons. The molecule has 3 fully saturated rings. The molecule has 4 aliphatic rings. The number of phenolic OH excluding ortho intramolecular Hbond substituents is 1. The lowest BCUT2D eigenvalue weighted by Gasteiger charge is -2.31. The van der Waals surface area contributed by atoms with Crippen molar-refractivity contribution in [3.05, 3.63) is 41.5 Å². The number of rotatable bonds is 4. The van der Waals surface area contributed by atoms with Crippen LogP contribution in [0.2, 0.25) is 0 Å². The molecular weight excluding hydrogens is 599 g/mol. The third-order valence-electron chi connectivity index (χ3n) is 9.86. The summed E-state index contributed by atoms with van der Waals surface area (Å²) in [6, 6.07) is 4.93. The molecule has 0 radical (unpaired) electrons. The fourth-order valence-corrected chi connectivity index (χ4v) is 7.74. The van der Waals surface area contributed by atoms with Gasteiger partial charge in [0, 0.05) is 30.3 Å². The SMILES string of the molecule is C#Cc1c(F)ccc2cc(O)cc(-c3nc4c5c(nc(OC[C@@]67CCCN6C[C@H](F)C7)nc5c3F)N3CC(=O)CCC[C@H]3CO4)c12. The molecule has 2 aromatic carbocycles. The zero-order chi connectivity index (χ0) is 31.7. The highest BCUT2D eigenvalue weighted by molar-refractivity contribution is 6.04. The molecule has 4 aliphatic heterocycles. The maximum Gasteiger partial charge on any atom is 0.319 e. The number of terminal acetylenes is 1. The Balaban J connectivity index is 1.34. The highest BCUT2D eigenvalue weighted by Gasteiger charge is 2.49. The molecule has 0 unspecified atom stereocenters. The molecule has 46 heavy (non-hydrogen) atoms. The van der Waals surface area contributed by atoms with Gasteiger partial charge in [0.15, 0.2) is 11.6 Å². The molecular formula is C34H30F3N5O4. The van der Waals surface area contributed by atoms with E-state index in [4.69, 9.17) is 20.9 Å². The molecule has 0 amide bonds. The van der Waals surface area contributed by atoms with Crippen molar-refractivity contribution in [2.24, 2.45) is 0 Å². The number of aromatic hydroxyl groups is 1. The molecule has 0 aliphatic carbocycles. The van der Waals surface area contributed by atoms with Gasteiger partial charge in [-0.25, -0.2) is 18.2 Å². The molecule has 6 heterocycles. The maximum absolute atomic E-state index is 16.9. The summed E-state index contributed by atoms with van der Waals surface area (Å²) < 4.78 is 58.7. The van der Waals surface area contributed by atoms with Crippen LogP contribution in [0.3, 0.4) is 0 Å². The summed E-state index contributed by atoms with van der Waals surface area (Å²) in [5.41, 5.74) is -0.991. The van der Waals surface area contributed by atoms with Gasteiger partial charge in [0.2, 0.25) is 5.88 Å². The lowest BCUT2D eigenvalue weighted by Crippen LogP contribution is -2.43. The third kappa shape index (κ3) is 4.51. The number of hydrogen-bond donors (Lipinski definition) is 1. The quantitative estimate of drug-likeness (QED) is 0.310. The predicted molar refractivity (Wildman–Crippen MR) is 164 cm³/mol. The van der Waals surface area contributed by atoms with Crippen molar-refractivity contribution in [2.75, 3.05) is 37.7 Å². The lowest BCUT2D eigenvalue weighted by molar-refractivity contribution is -0.117. The van der Waals surface area contributed by atoms with Gasteiger partial charge in [-0.1, -0.05) is 12.0 Å². The minimum Gasteiger partial charge on any atom is -0.508 e. The monoisotopic (exact) mass is 629 g/mol. The number of pyridine rings is 1. The van der Waals surface area contributed by atoms with Crippen LogP contribution in [0.5, 0.6) is 17.6 Å². The molecule has 0 spiro atoms. The zero-order valence-corrected chi connectivity index (χ0v) is 24.9. The number of ketones is 1. The number of halogens is 3. The maximum atomic E-state index is 16.9. The average Bonchev–Trinajstić information content (AvgIpc) is 3.43. The molecule has 3 saturated heterocycles. The number of carbonyl (C=O) groups is 1. The molecule has 3 atom stereocenters. The fourth-order valence-electron chi connectivity index (χ4n) is 7.74. The van der Waals surface area contributed by atoms with Crippen LogP contribution >= 0.6 is 0 Å². The van der Waals surface area contributed by atoms with Gasteiger partial charge in [-0.15, -0.1) is 6.42 Å². The summed E-state index contributed by atoms with van der Waals surface area (Å²) in [4.78, 5) is 30.5. The first-order valence-corrected chi connectivity index (χ1v) is 15.5. The summed E-state index contributed by atoms with van der Waals surface area (Å²) in [7, 11) is 0. The van der Waals surface area contributed by atoms with Crippen molar-refractivity contribution in [1.82, 2.24) is 19.9 Å². The van der Waals surface area contributed by atoms with E-state index in [9.17, 15) is 18.7 Å². The molecule has 8 rings (SSSR count). The van der Waals surface area contributed by atoms with E-state index < -0.39 is 23.3 Å². The summed E-state index contributed by atoms with van der Waals surface area (Å²) in [5, 5.41) is 11.3. The minimum absolute atomic E-state index is 0.0146. The van der Waals surface area contributed by atoms with Crippen molar-refractivity contribution in [3.8, 4) is 41.2 Å². The Labute approximate surface area is 262 Å². The van der Waals surface area contributed by atoms with Crippen LogP contribution in [0.15, 0.2) is 24.3 Å². The average molecular weight is 630 g/mol. The van der Waals surface area contributed by atoms with Gasteiger partial charge in [-0.3, -0.25) is 9.69 Å². The van der Waals surface area contributed by atoms with Gasteiger partial charge in [0.05, 0.1) is 23.7 Å². The first kappa shape index (κ1) is 28.8. The number of hydrogen-bond acceptors (Lipinski definition) is 9. The Morgan fingerprint density at radius 2 is 2.04 bits per heavy atom. The van der Waals surface area contributed by atoms with E-state index in [0.29, 0.717) is 37.6 Å². The lowest BCUT2D eigenvalue weighted by atomic mass is 9.95. The van der Waals surface area contributed by atoms with Crippen LogP contribution in [0.1, 0.15) is 44.1 Å². The van der Waals surface area contributed by atoms with E-state index in [1.165, 1.54) is 24.3 Å². The number of benzene rings is 2. The molecule has 0 saturated carbocycles. The molecule has 9 nitrogen and oxygen atoms in total. The normalized spacial score (nSPS) is 24.3. The number of carbonyl (C=O) groups excluding carboxylic acids is 1. The molecule has 12 heteroatoms. The summed E-state index contributed by atoms with van der Waals surface area (Å²) in [6.45, 7) is 1.42. The molecule has 1 N–H and O–H groups in total. The Morgan fingerprint density at radius 3 is 2.89 bits per heavy atom. The number of alkyl halides is 1. The van der Waals surface area contributed by atoms with Crippen molar-refractivity contribution in [2.45, 2.75) is 56.3 Å². The number of fused-ring (bicyclic) bond motifs is 4. The third-order valence-corrected chi connectivity index (χ3v) is 9.86. The first-order valence-electron chi connectivity index (χ1n) is 15.5. The van der Waals surface area contributed by atoms with Crippen molar-refractivity contribution in [3.63, 3.8) is 0 Å². The standard InChI is InChI=1S/C34H30F3N5O4/c1-2-23-25(36)8-7-18-11-22(44)12-24(26(18)23)29-28(37)30-27-31(42-15-21(43)6-3-5-20(42)16-45-32(27)38-29)40-33(39-30)46-17-34-9-4-10-41(34)14-19(35)13-34/h1,7-8,11-12,19-20,44H,3-6,9-10,13-17H2/t19-,20+,34+/m1/s1. The molecule has 4 aromatic rings. The number of Topliss-reactive ketones (excluding diaryl/α,β-unsaturated/α-hetero) is 1. The Bertz CT molecular complexity index is 1980. The molecule has 2 aromatic heterocycles. The van der Waals surface area contributed by atoms with Crippen molar-refractivity contribution in [1.29, 1.82) is 0 Å². The highest BCUT2D eigenvalue weighted by Crippen LogP contribution is 2.45. The second-order valence-corrected chi connectivity index (χ2v) is 12.7. The van der Waals surface area contributed by atoms with Crippen LogP contribution in [-0.4, -0.2) is 81.3 Å². The highest BCUT2D eigenvalue weighted by atomic mass is 19.1. The Kier molecular flexibility index (Phi) is 6.72. The van der Waals surface area contributed by atoms with Gasteiger partial charge in [0.1, 0.15) is 53.4 Å². The molecule has 0 bridgehead atoms. The van der Waals surface area contributed by atoms with Crippen LogP contribution in [0.25, 0.3) is 32.9 Å². The van der Waals surface area contributed by atoms with Gasteiger partial charge in [-0.2, -0.15) is 9.97 Å². The van der Waals surface area contributed by atoms with E-state index >= 15 is 4.39 Å². The van der Waals surface area contributed by atoms with Gasteiger partial charge in [-0.05, 0) is 55.8 Å². The topological polar surface area (TPSA) is 101 Å². The number of nitrogens with zero attached hydrogens (tertiary/aromatic N) is 5. The number of phenols is 1. The minimum atomic E-state index is -0.962. The smallest absolute Gasteiger partial charge is 0.319 e. The van der Waals surface area contributed by atoms with Gasteiger partial charge >= 0.3 is 6.01 Å². The second-order valence-electron chi connectivity index (χ2n) is 12.7. The van der Waals surface area contributed by atoms with E-state index in [1.807, 2.05) is 4.90 Å². The summed E-state index contributed by atoms with van der Waals surface area (Å²) >= 11 is 0. The van der Waals surface area contributed by atoms with Crippen molar-refractivity contribution >= 4 is 33.3 Å². The first-order chi connectivity index (χ1) is 22.2. The van der Waals surface area contributed by atoms with E-state index in [1.54, 1.807) is 0 Å². The van der Waals surface area contributed by atoms with Gasteiger partial charge < -0.3 is 19.5 Å². The van der Waals surface area contributed by atoms with Crippen molar-refractivity contribution < 1.29 is 32.5 Å². The zero-order valence-electron chi connectivity index (χ0n) is 24.9. The van der Waals surface area contributed by atoms with Gasteiger partial charge in [0.25, 0.3) is 0 Å². The van der Waals surface area contributed by atoms with E-state index in [0.717, 1.165) is 19.4 Å². The second kappa shape index (κ2) is 10.7. The largest absolute Gasteiger partial charge is 0.508 e. The summed E-state index contributed by atoms with van der Waals surface area (Å²) in [6.07, 6.45) is 8.43. The Morgan fingerprint density at radius 1 is 1.17 bits per heavy atom. The summed E-state index contributed by atoms with van der Waals surface area (Å²) in [5.74, 6) is 0.879. The van der Waals surface area contributed by atoms with Crippen LogP contribution in [0, 0.1) is 24.0 Å². The number of anilines is 1. The van der Waals surface area contributed by atoms with Crippen LogP contribution in [-0.2, 0) is 4.79 Å². The number of ether oxygens (including phenoxy) is 2. The number of aromatic nitrogens is 3. The Hall–Kier alpha value is -4.63. The van der Waals surface area contributed by atoms with E-state index in [2.05, 4.69) is 20.8 Å². The fraction of sp³-hybridized carbons (Fsp3) is 0.412. The predicted octanol–water partition coefficient (Wildman–Crippen LogP) is 5.09. The van der Waals surface area contributed by atoms with E-state index in [-0.39, 0.29) is 88.2 Å². The van der Waals surface area contributed by atoms with Crippen LogP contribution < -0.4 is 14.4 Å².